The smallest absolute Gasteiger partial charge is 0.374 e. The number of carbonyl (C=O) groups excluding carboxylic acids is 2. The van der Waals surface area contributed by atoms with E-state index in [4.69, 9.17) is 15.1 Å². The predicted octanol–water partition coefficient (Wildman–Crippen LogP) is 6.22. The number of rotatable bonds is 9. The molecule has 8 aromatic rings. The van der Waals surface area contributed by atoms with Crippen LogP contribution in [-0.2, 0) is 54.7 Å². The highest BCUT2D eigenvalue weighted by Crippen LogP contribution is 2.33. The van der Waals surface area contributed by atoms with E-state index in [1.807, 2.05) is 54.7 Å². The molecule has 0 saturated carbocycles. The molecule has 0 aliphatic carbocycles. The van der Waals surface area contributed by atoms with Crippen LogP contribution in [0.2, 0.25) is 0 Å². The van der Waals surface area contributed by atoms with Crippen molar-refractivity contribution in [1.82, 2.24) is 39.5 Å². The number of hydrogen-bond donors (Lipinski definition) is 3. The molecule has 2 aliphatic heterocycles. The molecule has 8 heterocycles. The van der Waals surface area contributed by atoms with Gasteiger partial charge in [-0.05, 0) is 48.5 Å². The minimum atomic E-state index is -3.99. The minimum Gasteiger partial charge on any atom is -0.463 e. The summed E-state index contributed by atoms with van der Waals surface area (Å²) in [4.78, 5) is 48.4. The highest BCUT2D eigenvalue weighted by atomic mass is 35.7. The number of sulfonamides is 1. The number of methoxy groups -OCH3 is 2. The van der Waals surface area contributed by atoms with Gasteiger partial charge in [0.1, 0.15) is 24.3 Å². The van der Waals surface area contributed by atoms with E-state index in [0.29, 0.717) is 17.1 Å². The lowest BCUT2D eigenvalue weighted by Gasteiger charge is -2.13. The number of esters is 2. The lowest BCUT2D eigenvalue weighted by molar-refractivity contribution is 0.0551. The number of pyridine rings is 2. The second kappa shape index (κ2) is 18.8. The van der Waals surface area contributed by atoms with Crippen molar-refractivity contribution < 1.29 is 44.7 Å². The minimum absolute atomic E-state index is 0.0517. The van der Waals surface area contributed by atoms with Crippen LogP contribution in [0.5, 0.6) is 0 Å². The molecule has 0 spiro atoms. The number of furan rings is 2. The summed E-state index contributed by atoms with van der Waals surface area (Å²) in [5.74, 6) is -0.545. The largest absolute Gasteiger partial charge is 0.463 e. The lowest BCUT2D eigenvalue weighted by atomic mass is 10.2. The molecule has 23 heteroatoms. The van der Waals surface area contributed by atoms with Crippen LogP contribution in [0.3, 0.4) is 0 Å². The molecule has 0 saturated heterocycles. The van der Waals surface area contributed by atoms with Crippen molar-refractivity contribution in [3.8, 4) is 0 Å². The molecule has 0 fully saturated rings. The maximum absolute atomic E-state index is 13.0. The topological polar surface area (TPSA) is 264 Å². The molecular formula is C42H35ClN10O10S2. The Morgan fingerprint density at radius 3 is 1.72 bits per heavy atom. The Labute approximate surface area is 374 Å². The standard InChI is InChI=1S/C21H17N5O5S.C15H13N5.C6H5ClO5S/c1-30-21(27)18-6-7-19(31-18)32(28,29)26-10-15-17(11-26)23-12-24-20(15)25-14-8-13-4-2-3-5-16(13)22-9-14;1-2-4-13-10(3-1)5-11(6-17-13)20-15-12-7-16-8-14(12)18-9-19-15;1-11-6(8)4-2-3-5(12-4)13(7,9)10/h2-9,12H,10-11H2,1H3,(H,23,24,25);1-6,9,16H,7-8H2,(H,18,19,20);2-3H,1H3. The zero-order chi connectivity index (χ0) is 45.7. The van der Waals surface area contributed by atoms with Crippen LogP contribution in [0, 0.1) is 0 Å². The Balaban J connectivity index is 0.000000148. The summed E-state index contributed by atoms with van der Waals surface area (Å²) in [6.45, 7) is 1.72. The van der Waals surface area contributed by atoms with Crippen LogP contribution in [0.1, 0.15) is 43.6 Å². The van der Waals surface area contributed by atoms with E-state index < -0.39 is 36.1 Å². The second-order valence-electron chi connectivity index (χ2n) is 13.9. The van der Waals surface area contributed by atoms with Gasteiger partial charge in [0, 0.05) is 52.2 Å². The Hall–Kier alpha value is -7.37. The van der Waals surface area contributed by atoms with Crippen molar-refractivity contribution in [3.63, 3.8) is 0 Å². The van der Waals surface area contributed by atoms with Gasteiger partial charge in [-0.3, -0.25) is 9.97 Å². The normalized spacial score (nSPS) is 13.2. The Morgan fingerprint density at radius 2 is 1.17 bits per heavy atom. The average Bonchev–Trinajstić information content (AvgIpc) is 4.16. The van der Waals surface area contributed by atoms with E-state index in [1.54, 1.807) is 12.5 Å². The summed E-state index contributed by atoms with van der Waals surface area (Å²) >= 11 is 0. The van der Waals surface area contributed by atoms with E-state index >= 15 is 0 Å². The van der Waals surface area contributed by atoms with Crippen molar-refractivity contribution in [2.45, 2.75) is 36.4 Å². The fraction of sp³-hybridized carbons (Fsp3) is 0.143. The van der Waals surface area contributed by atoms with Crippen molar-refractivity contribution in [2.75, 3.05) is 24.9 Å². The third-order valence-electron chi connectivity index (χ3n) is 9.80. The van der Waals surface area contributed by atoms with Crippen molar-refractivity contribution >= 4 is 86.5 Å². The fourth-order valence-electron chi connectivity index (χ4n) is 6.64. The highest BCUT2D eigenvalue weighted by molar-refractivity contribution is 8.13. The first kappa shape index (κ1) is 44.2. The lowest BCUT2D eigenvalue weighted by Crippen LogP contribution is -2.25. The van der Waals surface area contributed by atoms with Crippen LogP contribution in [0.15, 0.2) is 129 Å². The van der Waals surface area contributed by atoms with Gasteiger partial charge >= 0.3 is 11.9 Å². The summed E-state index contributed by atoms with van der Waals surface area (Å²) in [6.07, 6.45) is 6.51. The maximum Gasteiger partial charge on any atom is 0.374 e. The molecule has 2 aromatic carbocycles. The molecule has 3 N–H and O–H groups in total. The number of halogens is 1. The highest BCUT2D eigenvalue weighted by Gasteiger charge is 2.36. The molecule has 20 nitrogen and oxygen atoms in total. The number of hydrogen-bond acceptors (Lipinski definition) is 19. The summed E-state index contributed by atoms with van der Waals surface area (Å²) in [7, 11) is -0.633. The second-order valence-corrected chi connectivity index (χ2v) is 18.3. The van der Waals surface area contributed by atoms with E-state index in [2.05, 4.69) is 71.9 Å². The van der Waals surface area contributed by atoms with Gasteiger partial charge in [-0.2, -0.15) is 4.31 Å². The van der Waals surface area contributed by atoms with E-state index in [1.165, 1.54) is 35.9 Å². The quantitative estimate of drug-likeness (QED) is 0.107. The fourth-order valence-corrected chi connectivity index (χ4v) is 8.59. The average molecular weight is 939 g/mol. The molecule has 65 heavy (non-hydrogen) atoms. The SMILES string of the molecule is COC(=O)c1ccc(S(=O)(=O)Cl)o1.COC(=O)c1ccc(S(=O)(=O)N2Cc3ncnc(Nc4cnc5ccccc5c4)c3C2)o1.c1ccc2ncc(Nc3ncnc4c3CNC4)cc2c1. The van der Waals surface area contributed by atoms with Gasteiger partial charge < -0.3 is 34.3 Å². The Bertz CT molecular complexity index is 3310. The number of nitrogens with zero attached hydrogens (tertiary/aromatic N) is 7. The molecule has 0 amide bonds. The summed E-state index contributed by atoms with van der Waals surface area (Å²) in [6, 6.07) is 24.6. The van der Waals surface area contributed by atoms with Crippen molar-refractivity contribution in [3.05, 3.63) is 144 Å². The van der Waals surface area contributed by atoms with Gasteiger partial charge in [0.15, 0.2) is 0 Å². The van der Waals surface area contributed by atoms with E-state index in [0.717, 1.165) is 76.5 Å². The summed E-state index contributed by atoms with van der Waals surface area (Å²) in [5, 5.41) is 11.1. The van der Waals surface area contributed by atoms with Gasteiger partial charge in [-0.15, -0.1) is 0 Å². The molecule has 10 rings (SSSR count). The van der Waals surface area contributed by atoms with Crippen LogP contribution in [0.25, 0.3) is 21.8 Å². The molecule has 332 valence electrons. The molecule has 6 aromatic heterocycles. The molecule has 2 aliphatic rings. The molecule has 0 bridgehead atoms. The third-order valence-corrected chi connectivity index (χ3v) is 12.6. The number of carbonyl (C=O) groups is 2. The number of anilines is 4. The first-order valence-corrected chi connectivity index (χ1v) is 23.0. The molecule has 0 atom stereocenters. The number of ether oxygens (including phenoxy) is 2. The Morgan fingerprint density at radius 1 is 0.646 bits per heavy atom. The van der Waals surface area contributed by atoms with Crippen molar-refractivity contribution in [2.24, 2.45) is 0 Å². The number of nitrogens with one attached hydrogen (secondary N) is 3. The number of benzene rings is 2. The van der Waals surface area contributed by atoms with Gasteiger partial charge in [-0.1, -0.05) is 36.4 Å². The van der Waals surface area contributed by atoms with Crippen LogP contribution in [0.4, 0.5) is 23.0 Å². The van der Waals surface area contributed by atoms with Crippen molar-refractivity contribution in [1.29, 1.82) is 0 Å². The van der Waals surface area contributed by atoms with Gasteiger partial charge in [0.05, 0.1) is 67.0 Å². The van der Waals surface area contributed by atoms with Crippen LogP contribution < -0.4 is 16.0 Å². The van der Waals surface area contributed by atoms with Gasteiger partial charge in [0.25, 0.3) is 19.1 Å². The number of aromatic nitrogens is 6. The van der Waals surface area contributed by atoms with E-state index in [9.17, 15) is 26.4 Å². The first-order chi connectivity index (χ1) is 31.3. The third kappa shape index (κ3) is 9.90. The number of fused-ring (bicyclic) bond motifs is 4. The number of para-hydroxylation sites is 2. The Kier molecular flexibility index (Phi) is 12.8. The van der Waals surface area contributed by atoms with Crippen LogP contribution in [-0.4, -0.2) is 77.2 Å². The van der Waals surface area contributed by atoms with Crippen LogP contribution >= 0.6 is 10.7 Å². The zero-order valence-corrected chi connectivity index (χ0v) is 36.5. The monoisotopic (exact) mass is 938 g/mol. The predicted molar refractivity (Wildman–Crippen MR) is 234 cm³/mol. The first-order valence-electron chi connectivity index (χ1n) is 19.2. The molecular weight excluding hydrogens is 904 g/mol. The van der Waals surface area contributed by atoms with Gasteiger partial charge in [0.2, 0.25) is 21.7 Å². The van der Waals surface area contributed by atoms with E-state index in [-0.39, 0.29) is 29.7 Å². The molecule has 0 unspecified atom stereocenters. The molecule has 0 radical (unpaired) electrons. The summed E-state index contributed by atoms with van der Waals surface area (Å²) in [5.41, 5.74) is 6.97. The summed E-state index contributed by atoms with van der Waals surface area (Å²) < 4.78 is 67.3. The zero-order valence-electron chi connectivity index (χ0n) is 34.1. The van der Waals surface area contributed by atoms with Gasteiger partial charge in [-0.25, -0.2) is 46.4 Å². The maximum atomic E-state index is 13.0.